The van der Waals surface area contributed by atoms with Crippen LogP contribution in [0.5, 0.6) is 11.5 Å². The number of rotatable bonds is 11. The molecule has 2 aromatic rings. The third-order valence-electron chi connectivity index (χ3n) is 4.95. The molecule has 0 aromatic heterocycles. The van der Waals surface area contributed by atoms with E-state index in [0.717, 1.165) is 29.7 Å². The van der Waals surface area contributed by atoms with Crippen molar-refractivity contribution in [3.8, 4) is 11.5 Å². The molecular weight excluding hydrogens is 380 g/mol. The van der Waals surface area contributed by atoms with Crippen LogP contribution in [0.15, 0.2) is 48.5 Å². The fourth-order valence-corrected chi connectivity index (χ4v) is 2.99. The first-order valence-electron chi connectivity index (χ1n) is 10.3. The molecular formula is C24H32N2O4. The number of aryl methyl sites for hydroxylation is 1. The second-order valence-electron chi connectivity index (χ2n) is 7.24. The second kappa shape index (κ2) is 11.9. The Kier molecular flexibility index (Phi) is 9.19. The molecule has 0 radical (unpaired) electrons. The van der Waals surface area contributed by atoms with Crippen molar-refractivity contribution in [1.29, 1.82) is 0 Å². The molecule has 0 bridgehead atoms. The van der Waals surface area contributed by atoms with Crippen LogP contribution in [0.25, 0.3) is 0 Å². The first-order valence-corrected chi connectivity index (χ1v) is 10.3. The fraction of sp³-hybridized carbons (Fsp3) is 0.417. The van der Waals surface area contributed by atoms with Crippen molar-refractivity contribution in [2.24, 2.45) is 0 Å². The van der Waals surface area contributed by atoms with Crippen molar-refractivity contribution in [3.05, 3.63) is 59.7 Å². The number of hydrogen-bond donors (Lipinski definition) is 1. The van der Waals surface area contributed by atoms with Gasteiger partial charge in [0, 0.05) is 13.1 Å². The zero-order valence-corrected chi connectivity index (χ0v) is 18.3. The Morgan fingerprint density at radius 3 is 2.43 bits per heavy atom. The lowest BCUT2D eigenvalue weighted by atomic mass is 10.1. The van der Waals surface area contributed by atoms with E-state index in [9.17, 15) is 9.59 Å². The predicted molar refractivity (Wildman–Crippen MR) is 118 cm³/mol. The largest absolute Gasteiger partial charge is 0.497 e. The number of carbonyl (C=O) groups is 2. The maximum absolute atomic E-state index is 13.0. The van der Waals surface area contributed by atoms with Gasteiger partial charge in [-0.25, -0.2) is 0 Å². The molecule has 0 saturated heterocycles. The topological polar surface area (TPSA) is 67.9 Å². The van der Waals surface area contributed by atoms with E-state index in [4.69, 9.17) is 9.47 Å². The Hall–Kier alpha value is -3.02. The van der Waals surface area contributed by atoms with Crippen LogP contribution < -0.4 is 14.8 Å². The Morgan fingerprint density at radius 1 is 1.10 bits per heavy atom. The Balaban J connectivity index is 2.12. The summed E-state index contributed by atoms with van der Waals surface area (Å²) in [5.41, 5.74) is 1.87. The minimum absolute atomic E-state index is 0.131. The maximum Gasteiger partial charge on any atom is 0.261 e. The number of methoxy groups -OCH3 is 1. The predicted octanol–water partition coefficient (Wildman–Crippen LogP) is 3.72. The van der Waals surface area contributed by atoms with Gasteiger partial charge in [0.1, 0.15) is 17.5 Å². The molecule has 0 aliphatic rings. The number of carbonyl (C=O) groups excluding carboxylic acids is 2. The minimum atomic E-state index is -0.614. The van der Waals surface area contributed by atoms with Crippen LogP contribution in [0.2, 0.25) is 0 Å². The summed E-state index contributed by atoms with van der Waals surface area (Å²) < 4.78 is 10.9. The molecule has 0 aliphatic carbocycles. The maximum atomic E-state index is 13.0. The van der Waals surface area contributed by atoms with Crippen LogP contribution in [0, 0.1) is 6.92 Å². The Morgan fingerprint density at radius 2 is 1.80 bits per heavy atom. The van der Waals surface area contributed by atoms with Crippen molar-refractivity contribution in [3.63, 3.8) is 0 Å². The van der Waals surface area contributed by atoms with E-state index < -0.39 is 6.04 Å². The molecule has 0 aliphatic heterocycles. The van der Waals surface area contributed by atoms with Crippen molar-refractivity contribution in [1.82, 2.24) is 10.2 Å². The molecule has 0 spiro atoms. The van der Waals surface area contributed by atoms with Gasteiger partial charge in [0.2, 0.25) is 5.91 Å². The summed E-state index contributed by atoms with van der Waals surface area (Å²) >= 11 is 0. The summed E-state index contributed by atoms with van der Waals surface area (Å²) in [4.78, 5) is 27.2. The van der Waals surface area contributed by atoms with E-state index in [1.807, 2.05) is 55.5 Å². The number of nitrogens with zero attached hydrogens (tertiary/aromatic N) is 1. The summed E-state index contributed by atoms with van der Waals surface area (Å²) in [6.07, 6.45) is 1.90. The average Bonchev–Trinajstić information content (AvgIpc) is 2.76. The van der Waals surface area contributed by atoms with E-state index in [-0.39, 0.29) is 18.4 Å². The molecule has 2 amide bonds. The SMILES string of the molecule is CCCCNC(=O)[C@@H](C)N(Cc1ccc(OC)cc1)C(=O)COc1ccccc1C. The lowest BCUT2D eigenvalue weighted by Gasteiger charge is -2.29. The molecule has 6 nitrogen and oxygen atoms in total. The monoisotopic (exact) mass is 412 g/mol. The zero-order valence-electron chi connectivity index (χ0n) is 18.3. The summed E-state index contributed by atoms with van der Waals surface area (Å²) in [5.74, 6) is 0.994. The average molecular weight is 413 g/mol. The van der Waals surface area contributed by atoms with Gasteiger partial charge in [-0.15, -0.1) is 0 Å². The molecule has 6 heteroatoms. The number of unbranched alkanes of at least 4 members (excludes halogenated alkanes) is 1. The highest BCUT2D eigenvalue weighted by atomic mass is 16.5. The number of hydrogen-bond acceptors (Lipinski definition) is 4. The number of benzene rings is 2. The molecule has 162 valence electrons. The first kappa shape index (κ1) is 23.3. The van der Waals surface area contributed by atoms with Gasteiger partial charge in [0.25, 0.3) is 5.91 Å². The Labute approximate surface area is 179 Å². The number of amides is 2. The lowest BCUT2D eigenvalue weighted by molar-refractivity contribution is -0.142. The summed E-state index contributed by atoms with van der Waals surface area (Å²) in [5, 5.41) is 2.91. The first-order chi connectivity index (χ1) is 14.5. The molecule has 0 saturated carbocycles. The van der Waals surface area contributed by atoms with Crippen molar-refractivity contribution < 1.29 is 19.1 Å². The summed E-state index contributed by atoms with van der Waals surface area (Å²) in [6.45, 7) is 6.52. The van der Waals surface area contributed by atoms with Gasteiger partial charge in [-0.2, -0.15) is 0 Å². The molecule has 1 N–H and O–H groups in total. The van der Waals surface area contributed by atoms with Gasteiger partial charge in [-0.05, 0) is 49.6 Å². The van der Waals surface area contributed by atoms with Gasteiger partial charge >= 0.3 is 0 Å². The fourth-order valence-electron chi connectivity index (χ4n) is 2.99. The van der Waals surface area contributed by atoms with E-state index in [0.29, 0.717) is 18.8 Å². The highest BCUT2D eigenvalue weighted by Crippen LogP contribution is 2.18. The van der Waals surface area contributed by atoms with Crippen LogP contribution in [0.3, 0.4) is 0 Å². The van der Waals surface area contributed by atoms with Crippen LogP contribution in [0.4, 0.5) is 0 Å². The lowest BCUT2D eigenvalue weighted by Crippen LogP contribution is -2.49. The molecule has 0 heterocycles. The van der Waals surface area contributed by atoms with Gasteiger partial charge in [-0.3, -0.25) is 9.59 Å². The summed E-state index contributed by atoms with van der Waals surface area (Å²) in [6, 6.07) is 14.4. The molecule has 0 fully saturated rings. The van der Waals surface area contributed by atoms with Crippen LogP contribution in [-0.4, -0.2) is 43.0 Å². The third kappa shape index (κ3) is 6.79. The van der Waals surface area contributed by atoms with Crippen molar-refractivity contribution in [2.75, 3.05) is 20.3 Å². The standard InChI is InChI=1S/C24H32N2O4/c1-5-6-15-25-24(28)19(3)26(16-20-11-13-21(29-4)14-12-20)23(27)17-30-22-10-8-7-9-18(22)2/h7-14,19H,5-6,15-17H2,1-4H3,(H,25,28)/t19-/m1/s1. The van der Waals surface area contributed by atoms with Gasteiger partial charge in [0.15, 0.2) is 6.61 Å². The Bertz CT molecular complexity index is 820. The van der Waals surface area contributed by atoms with Crippen LogP contribution >= 0.6 is 0 Å². The second-order valence-corrected chi connectivity index (χ2v) is 7.24. The van der Waals surface area contributed by atoms with E-state index >= 15 is 0 Å². The normalized spacial score (nSPS) is 11.5. The van der Waals surface area contributed by atoms with Crippen molar-refractivity contribution >= 4 is 11.8 Å². The van der Waals surface area contributed by atoms with E-state index in [1.54, 1.807) is 18.9 Å². The quantitative estimate of drug-likeness (QED) is 0.571. The molecule has 30 heavy (non-hydrogen) atoms. The van der Waals surface area contributed by atoms with Crippen LogP contribution in [-0.2, 0) is 16.1 Å². The van der Waals surface area contributed by atoms with Gasteiger partial charge in [-0.1, -0.05) is 43.7 Å². The van der Waals surface area contributed by atoms with E-state index in [1.165, 1.54) is 0 Å². The number of para-hydroxylation sites is 1. The third-order valence-corrected chi connectivity index (χ3v) is 4.95. The van der Waals surface area contributed by atoms with Crippen LogP contribution in [0.1, 0.15) is 37.8 Å². The molecule has 2 rings (SSSR count). The molecule has 2 aromatic carbocycles. The highest BCUT2D eigenvalue weighted by molar-refractivity contribution is 5.87. The number of ether oxygens (including phenoxy) is 2. The smallest absolute Gasteiger partial charge is 0.261 e. The summed E-state index contributed by atoms with van der Waals surface area (Å²) in [7, 11) is 1.61. The number of nitrogens with one attached hydrogen (secondary N) is 1. The van der Waals surface area contributed by atoms with Crippen molar-refractivity contribution in [2.45, 2.75) is 46.2 Å². The molecule has 1 atom stereocenters. The molecule has 0 unspecified atom stereocenters. The zero-order chi connectivity index (χ0) is 21.9. The van der Waals surface area contributed by atoms with Gasteiger partial charge in [0.05, 0.1) is 7.11 Å². The highest BCUT2D eigenvalue weighted by Gasteiger charge is 2.26. The minimum Gasteiger partial charge on any atom is -0.497 e. The van der Waals surface area contributed by atoms with Gasteiger partial charge < -0.3 is 19.7 Å². The van der Waals surface area contributed by atoms with E-state index in [2.05, 4.69) is 12.2 Å².